The smallest absolute Gasteiger partial charge is 0.269 e. The first-order valence-electron chi connectivity index (χ1n) is 11.0. The lowest BCUT2D eigenvalue weighted by Crippen LogP contribution is -2.24. The van der Waals surface area contributed by atoms with E-state index < -0.39 is 14.9 Å². The second-order valence-electron chi connectivity index (χ2n) is 7.51. The van der Waals surface area contributed by atoms with E-state index in [-0.39, 0.29) is 23.4 Å². The Balaban J connectivity index is 1.46. The van der Waals surface area contributed by atoms with E-state index in [1.165, 1.54) is 12.1 Å². The van der Waals surface area contributed by atoms with Crippen LogP contribution in [0.3, 0.4) is 0 Å². The number of nitro benzene ring substituents is 1. The third-order valence-electron chi connectivity index (χ3n) is 4.98. The van der Waals surface area contributed by atoms with E-state index in [9.17, 15) is 18.5 Å². The molecule has 1 heterocycles. The summed E-state index contributed by atoms with van der Waals surface area (Å²) < 4.78 is 38.2. The first-order chi connectivity index (χ1) is 16.5. The number of sulfonamides is 1. The molecule has 1 N–H and O–H groups in total. The van der Waals surface area contributed by atoms with E-state index >= 15 is 0 Å². The van der Waals surface area contributed by atoms with Crippen molar-refractivity contribution >= 4 is 15.7 Å². The molecule has 3 rings (SSSR count). The van der Waals surface area contributed by atoms with Crippen molar-refractivity contribution in [2.45, 2.75) is 43.3 Å². The summed E-state index contributed by atoms with van der Waals surface area (Å²) in [4.78, 5) is 10.1. The summed E-state index contributed by atoms with van der Waals surface area (Å²) in [5, 5.41) is 10.7. The van der Waals surface area contributed by atoms with Crippen LogP contribution >= 0.6 is 0 Å². The number of nitro groups is 1. The third-order valence-corrected chi connectivity index (χ3v) is 6.46. The number of unbranched alkanes of at least 4 members (excludes halogenated alkanes) is 1. The van der Waals surface area contributed by atoms with Gasteiger partial charge >= 0.3 is 0 Å². The Labute approximate surface area is 199 Å². The highest BCUT2D eigenvalue weighted by Crippen LogP contribution is 2.16. The fourth-order valence-corrected chi connectivity index (χ4v) is 4.26. The Hall–Kier alpha value is -3.21. The Kier molecular flexibility index (Phi) is 9.62. The molecular weight excluding hydrogens is 456 g/mol. The van der Waals surface area contributed by atoms with Crippen LogP contribution in [0, 0.1) is 33.8 Å². The number of hydrogen-bond acceptors (Lipinski definition) is 6. The van der Waals surface area contributed by atoms with Crippen molar-refractivity contribution in [2.75, 3.05) is 19.8 Å². The lowest BCUT2D eigenvalue weighted by molar-refractivity contribution is -0.384. The van der Waals surface area contributed by atoms with E-state index in [2.05, 4.69) is 28.4 Å². The van der Waals surface area contributed by atoms with Crippen LogP contribution in [0.15, 0.2) is 53.4 Å². The normalized spacial score (nSPS) is 15.5. The summed E-state index contributed by atoms with van der Waals surface area (Å²) in [5.74, 6) is 12.2. The highest BCUT2D eigenvalue weighted by atomic mass is 32.2. The van der Waals surface area contributed by atoms with Gasteiger partial charge in [-0.2, -0.15) is 0 Å². The second kappa shape index (κ2) is 12.9. The molecule has 1 atom stereocenters. The van der Waals surface area contributed by atoms with Crippen molar-refractivity contribution in [3.05, 3.63) is 69.8 Å². The summed E-state index contributed by atoms with van der Waals surface area (Å²) in [6.07, 6.45) is 3.91. The number of non-ortho nitro benzene ring substituents is 1. The largest absolute Gasteiger partial charge is 0.353 e. The van der Waals surface area contributed by atoms with E-state index in [0.29, 0.717) is 19.4 Å². The van der Waals surface area contributed by atoms with E-state index in [4.69, 9.17) is 9.47 Å². The Bertz CT molecular complexity index is 1200. The minimum atomic E-state index is -3.73. The minimum absolute atomic E-state index is 0.0179. The highest BCUT2D eigenvalue weighted by Gasteiger charge is 2.15. The molecule has 0 aromatic heterocycles. The number of nitrogens with one attached hydrogen (secondary N) is 1. The number of nitrogens with zero attached hydrogens (tertiary/aromatic N) is 1. The molecule has 9 heteroatoms. The molecule has 0 saturated carbocycles. The van der Waals surface area contributed by atoms with Crippen LogP contribution in [-0.2, 0) is 19.5 Å². The first kappa shape index (κ1) is 25.4. The fourth-order valence-electron chi connectivity index (χ4n) is 3.18. The summed E-state index contributed by atoms with van der Waals surface area (Å²) in [5.41, 5.74) is 1.45. The number of rotatable bonds is 8. The average molecular weight is 483 g/mol. The standard InChI is InChI=1S/C25H26N2O6S/c28-27(29)23-14-16-24(17-15-23)34(30,31)26-18-6-1-2-9-21-10-3-4-11-22(21)12-8-20-33-25-13-5-7-19-32-25/h3-4,10-11,14-17,25-26H,1,5-7,13,18-20H2. The maximum Gasteiger partial charge on any atom is 0.269 e. The molecule has 2 aromatic carbocycles. The topological polar surface area (TPSA) is 108 Å². The molecule has 0 bridgehead atoms. The van der Waals surface area contributed by atoms with Gasteiger partial charge in [0, 0.05) is 42.8 Å². The van der Waals surface area contributed by atoms with E-state index in [1.807, 2.05) is 24.3 Å². The molecule has 1 unspecified atom stereocenters. The molecule has 1 aliphatic heterocycles. The Morgan fingerprint density at radius 1 is 1.06 bits per heavy atom. The molecular formula is C25H26N2O6S. The average Bonchev–Trinajstić information content (AvgIpc) is 2.85. The van der Waals surface area contributed by atoms with Crippen molar-refractivity contribution in [2.24, 2.45) is 0 Å². The van der Waals surface area contributed by atoms with Crippen LogP contribution < -0.4 is 4.72 Å². The van der Waals surface area contributed by atoms with Crippen molar-refractivity contribution in [1.29, 1.82) is 0 Å². The van der Waals surface area contributed by atoms with Gasteiger partial charge in [0.15, 0.2) is 6.29 Å². The minimum Gasteiger partial charge on any atom is -0.353 e. The highest BCUT2D eigenvalue weighted by molar-refractivity contribution is 7.89. The van der Waals surface area contributed by atoms with Crippen LogP contribution in [0.25, 0.3) is 0 Å². The third kappa shape index (κ3) is 7.98. The molecule has 1 fully saturated rings. The molecule has 1 aliphatic rings. The number of benzene rings is 2. The monoisotopic (exact) mass is 482 g/mol. The number of ether oxygens (including phenoxy) is 2. The maximum atomic E-state index is 12.3. The molecule has 0 amide bonds. The lowest BCUT2D eigenvalue weighted by atomic mass is 10.1. The zero-order valence-electron chi connectivity index (χ0n) is 18.7. The van der Waals surface area contributed by atoms with Gasteiger partial charge in [0.05, 0.1) is 9.82 Å². The van der Waals surface area contributed by atoms with Gasteiger partial charge in [-0.1, -0.05) is 35.8 Å². The molecule has 178 valence electrons. The Morgan fingerprint density at radius 3 is 2.41 bits per heavy atom. The number of hydrogen-bond donors (Lipinski definition) is 1. The van der Waals surface area contributed by atoms with Crippen LogP contribution in [0.5, 0.6) is 0 Å². The molecule has 1 saturated heterocycles. The van der Waals surface area contributed by atoms with Gasteiger partial charge < -0.3 is 9.47 Å². The van der Waals surface area contributed by atoms with Gasteiger partial charge in [0.2, 0.25) is 10.0 Å². The van der Waals surface area contributed by atoms with Crippen molar-refractivity contribution in [1.82, 2.24) is 4.72 Å². The van der Waals surface area contributed by atoms with Crippen LogP contribution in [0.4, 0.5) is 5.69 Å². The van der Waals surface area contributed by atoms with Crippen molar-refractivity contribution in [3.8, 4) is 23.7 Å². The molecule has 2 aromatic rings. The SMILES string of the molecule is O=[N+]([O-])c1ccc(S(=O)(=O)NCCCC#Cc2ccccc2C#CCOC2CCCCO2)cc1. The second-order valence-corrected chi connectivity index (χ2v) is 9.28. The summed E-state index contributed by atoms with van der Waals surface area (Å²) in [6.45, 7) is 1.23. The van der Waals surface area contributed by atoms with E-state index in [0.717, 1.165) is 49.1 Å². The van der Waals surface area contributed by atoms with Crippen LogP contribution in [0.1, 0.15) is 43.2 Å². The molecule has 0 radical (unpaired) electrons. The van der Waals surface area contributed by atoms with Gasteiger partial charge in [0.25, 0.3) is 5.69 Å². The summed E-state index contributed by atoms with van der Waals surface area (Å²) >= 11 is 0. The predicted octanol–water partition coefficient (Wildman–Crippen LogP) is 3.60. The van der Waals surface area contributed by atoms with E-state index in [1.54, 1.807) is 0 Å². The van der Waals surface area contributed by atoms with Crippen molar-refractivity contribution < 1.29 is 22.8 Å². The fraction of sp³-hybridized carbons (Fsp3) is 0.360. The molecule has 34 heavy (non-hydrogen) atoms. The quantitative estimate of drug-likeness (QED) is 0.267. The first-order valence-corrected chi connectivity index (χ1v) is 12.5. The lowest BCUT2D eigenvalue weighted by Gasteiger charge is -2.21. The van der Waals surface area contributed by atoms with Gasteiger partial charge in [0.1, 0.15) is 6.61 Å². The molecule has 0 spiro atoms. The zero-order chi connectivity index (χ0) is 24.2. The molecule has 8 nitrogen and oxygen atoms in total. The Morgan fingerprint density at radius 2 is 1.76 bits per heavy atom. The predicted molar refractivity (Wildman–Crippen MR) is 127 cm³/mol. The van der Waals surface area contributed by atoms with Crippen LogP contribution in [0.2, 0.25) is 0 Å². The van der Waals surface area contributed by atoms with Gasteiger partial charge in [-0.05, 0) is 49.9 Å². The maximum absolute atomic E-state index is 12.3. The summed E-state index contributed by atoms with van der Waals surface area (Å²) in [6, 6.07) is 12.3. The van der Waals surface area contributed by atoms with Gasteiger partial charge in [-0.15, -0.1) is 0 Å². The van der Waals surface area contributed by atoms with Crippen LogP contribution in [-0.4, -0.2) is 39.4 Å². The van der Waals surface area contributed by atoms with Gasteiger partial charge in [-0.3, -0.25) is 10.1 Å². The van der Waals surface area contributed by atoms with Gasteiger partial charge in [-0.25, -0.2) is 13.1 Å². The van der Waals surface area contributed by atoms with Crippen molar-refractivity contribution in [3.63, 3.8) is 0 Å². The summed E-state index contributed by atoms with van der Waals surface area (Å²) in [7, 11) is -3.73. The zero-order valence-corrected chi connectivity index (χ0v) is 19.5. The molecule has 0 aliphatic carbocycles.